The topological polar surface area (TPSA) is 53.1 Å². The van der Waals surface area contributed by atoms with Crippen LogP contribution in [0.2, 0.25) is 0 Å². The number of rotatable bonds is 5. The molecule has 0 bridgehead atoms. The second-order valence-electron chi connectivity index (χ2n) is 5.39. The van der Waals surface area contributed by atoms with Gasteiger partial charge in [0.1, 0.15) is 11.6 Å². The molecule has 2 aromatic rings. The summed E-state index contributed by atoms with van der Waals surface area (Å²) in [5.74, 6) is 1.63. The van der Waals surface area contributed by atoms with Crippen LogP contribution < -0.4 is 10.6 Å². The molecule has 0 saturated carbocycles. The van der Waals surface area contributed by atoms with E-state index in [0.29, 0.717) is 6.04 Å². The van der Waals surface area contributed by atoms with E-state index >= 15 is 0 Å². The number of likely N-dealkylation sites (tertiary alicyclic amines) is 1. The Bertz CT molecular complexity index is 572. The Balaban J connectivity index is 1.54. The van der Waals surface area contributed by atoms with E-state index in [1.165, 1.54) is 5.56 Å². The van der Waals surface area contributed by atoms with Gasteiger partial charge in [0.2, 0.25) is 0 Å². The second-order valence-corrected chi connectivity index (χ2v) is 5.39. The highest BCUT2D eigenvalue weighted by Crippen LogP contribution is 2.17. The highest BCUT2D eigenvalue weighted by Gasteiger charge is 2.22. The zero-order chi connectivity index (χ0) is 14.5. The molecule has 5 heteroatoms. The van der Waals surface area contributed by atoms with Crippen LogP contribution in [0.5, 0.6) is 0 Å². The molecule has 1 aliphatic rings. The van der Waals surface area contributed by atoms with Crippen LogP contribution in [-0.2, 0) is 6.54 Å². The molecule has 1 fully saturated rings. The third kappa shape index (κ3) is 3.70. The van der Waals surface area contributed by atoms with Crippen molar-refractivity contribution in [1.29, 1.82) is 0 Å². The third-order valence-electron chi connectivity index (χ3n) is 3.76. The molecular formula is C16H21N5. The van der Waals surface area contributed by atoms with E-state index in [0.717, 1.165) is 37.7 Å². The van der Waals surface area contributed by atoms with Crippen LogP contribution in [0.3, 0.4) is 0 Å². The largest absolute Gasteiger partial charge is 0.372 e. The molecule has 1 aromatic heterocycles. The fraction of sp³-hybridized carbons (Fsp3) is 0.375. The number of anilines is 2. The summed E-state index contributed by atoms with van der Waals surface area (Å²) in [5.41, 5.74) is 1.37. The normalized spacial score (nSPS) is 18.6. The van der Waals surface area contributed by atoms with Gasteiger partial charge in [-0.05, 0) is 12.0 Å². The average molecular weight is 283 g/mol. The van der Waals surface area contributed by atoms with E-state index in [1.807, 2.05) is 7.05 Å². The van der Waals surface area contributed by atoms with Crippen LogP contribution in [0, 0.1) is 0 Å². The van der Waals surface area contributed by atoms with Crippen LogP contribution in [0.15, 0.2) is 42.7 Å². The van der Waals surface area contributed by atoms with Crippen molar-refractivity contribution in [2.75, 3.05) is 30.8 Å². The highest BCUT2D eigenvalue weighted by molar-refractivity contribution is 5.41. The van der Waals surface area contributed by atoms with Gasteiger partial charge < -0.3 is 10.6 Å². The molecule has 1 aromatic carbocycles. The molecule has 0 radical (unpaired) electrons. The molecule has 1 aliphatic heterocycles. The minimum Gasteiger partial charge on any atom is -0.372 e. The first-order valence-electron chi connectivity index (χ1n) is 7.36. The van der Waals surface area contributed by atoms with Gasteiger partial charge in [-0.25, -0.2) is 4.98 Å². The van der Waals surface area contributed by atoms with Crippen molar-refractivity contribution in [3.05, 3.63) is 48.3 Å². The quantitative estimate of drug-likeness (QED) is 0.881. The zero-order valence-electron chi connectivity index (χ0n) is 12.3. The molecule has 1 unspecified atom stereocenters. The fourth-order valence-corrected chi connectivity index (χ4v) is 2.70. The first kappa shape index (κ1) is 13.8. The number of benzene rings is 1. The lowest BCUT2D eigenvalue weighted by Gasteiger charge is -2.17. The first-order valence-corrected chi connectivity index (χ1v) is 7.36. The van der Waals surface area contributed by atoms with Crippen LogP contribution in [0.4, 0.5) is 11.6 Å². The average Bonchev–Trinajstić information content (AvgIpc) is 2.95. The number of nitrogens with one attached hydrogen (secondary N) is 2. The summed E-state index contributed by atoms with van der Waals surface area (Å²) in [6.07, 6.45) is 4.64. The number of aromatic nitrogens is 2. The minimum atomic E-state index is 0.440. The molecule has 1 atom stereocenters. The molecular weight excluding hydrogens is 262 g/mol. The van der Waals surface area contributed by atoms with Gasteiger partial charge in [-0.15, -0.1) is 0 Å². The molecule has 21 heavy (non-hydrogen) atoms. The molecule has 3 rings (SSSR count). The lowest BCUT2D eigenvalue weighted by Crippen LogP contribution is -2.26. The van der Waals surface area contributed by atoms with Gasteiger partial charge in [-0.3, -0.25) is 9.88 Å². The molecule has 5 nitrogen and oxygen atoms in total. The lowest BCUT2D eigenvalue weighted by atomic mass is 10.2. The number of hydrogen-bond acceptors (Lipinski definition) is 5. The molecule has 0 spiro atoms. The maximum Gasteiger partial charge on any atom is 0.147 e. The van der Waals surface area contributed by atoms with Crippen molar-refractivity contribution in [2.24, 2.45) is 0 Å². The van der Waals surface area contributed by atoms with E-state index in [-0.39, 0.29) is 0 Å². The number of nitrogens with zero attached hydrogens (tertiary/aromatic N) is 3. The fourth-order valence-electron chi connectivity index (χ4n) is 2.70. The predicted octanol–water partition coefficient (Wildman–Crippen LogP) is 2.20. The molecule has 2 N–H and O–H groups in total. The van der Waals surface area contributed by atoms with E-state index in [2.05, 4.69) is 55.8 Å². The molecule has 2 heterocycles. The summed E-state index contributed by atoms with van der Waals surface area (Å²) in [4.78, 5) is 11.1. The molecule has 1 saturated heterocycles. The number of hydrogen-bond donors (Lipinski definition) is 2. The molecule has 110 valence electrons. The third-order valence-corrected chi connectivity index (χ3v) is 3.76. The van der Waals surface area contributed by atoms with Crippen LogP contribution >= 0.6 is 0 Å². The van der Waals surface area contributed by atoms with Crippen molar-refractivity contribution in [3.63, 3.8) is 0 Å². The van der Waals surface area contributed by atoms with Gasteiger partial charge in [-0.2, -0.15) is 0 Å². The summed E-state index contributed by atoms with van der Waals surface area (Å²) < 4.78 is 0. The molecule has 0 amide bonds. The van der Waals surface area contributed by atoms with Crippen molar-refractivity contribution in [1.82, 2.24) is 14.9 Å². The Kier molecular flexibility index (Phi) is 4.31. The van der Waals surface area contributed by atoms with Crippen LogP contribution in [0.25, 0.3) is 0 Å². The predicted molar refractivity (Wildman–Crippen MR) is 85.3 cm³/mol. The van der Waals surface area contributed by atoms with E-state index in [1.54, 1.807) is 12.4 Å². The van der Waals surface area contributed by atoms with Gasteiger partial charge in [0, 0.05) is 32.7 Å². The Labute approximate surface area is 125 Å². The van der Waals surface area contributed by atoms with Crippen molar-refractivity contribution >= 4 is 11.6 Å². The summed E-state index contributed by atoms with van der Waals surface area (Å²) >= 11 is 0. The van der Waals surface area contributed by atoms with E-state index in [9.17, 15) is 0 Å². The first-order chi connectivity index (χ1) is 10.3. The Morgan fingerprint density at radius 3 is 2.81 bits per heavy atom. The maximum absolute atomic E-state index is 4.46. The van der Waals surface area contributed by atoms with Gasteiger partial charge in [0.25, 0.3) is 0 Å². The van der Waals surface area contributed by atoms with Crippen LogP contribution in [-0.4, -0.2) is 41.0 Å². The van der Waals surface area contributed by atoms with Crippen molar-refractivity contribution in [2.45, 2.75) is 19.0 Å². The van der Waals surface area contributed by atoms with Gasteiger partial charge >= 0.3 is 0 Å². The Hall–Kier alpha value is -2.14. The summed E-state index contributed by atoms with van der Waals surface area (Å²) in [6, 6.07) is 11.1. The van der Waals surface area contributed by atoms with Crippen molar-refractivity contribution < 1.29 is 0 Å². The SMILES string of the molecule is CNc1cncc(NC2CCN(Cc3ccccc3)C2)n1. The monoisotopic (exact) mass is 283 g/mol. The summed E-state index contributed by atoms with van der Waals surface area (Å²) in [6.45, 7) is 3.17. The molecule has 0 aliphatic carbocycles. The van der Waals surface area contributed by atoms with Gasteiger partial charge in [-0.1, -0.05) is 30.3 Å². The van der Waals surface area contributed by atoms with Gasteiger partial charge in [0.15, 0.2) is 0 Å². The second kappa shape index (κ2) is 6.54. The Morgan fingerprint density at radius 2 is 2.00 bits per heavy atom. The van der Waals surface area contributed by atoms with Crippen molar-refractivity contribution in [3.8, 4) is 0 Å². The van der Waals surface area contributed by atoms with E-state index in [4.69, 9.17) is 0 Å². The smallest absolute Gasteiger partial charge is 0.147 e. The Morgan fingerprint density at radius 1 is 1.19 bits per heavy atom. The van der Waals surface area contributed by atoms with Gasteiger partial charge in [0.05, 0.1) is 12.4 Å². The standard InChI is InChI=1S/C16H21N5/c1-17-15-9-18-10-16(20-15)19-14-7-8-21(12-14)11-13-5-3-2-4-6-13/h2-6,9-10,14H,7-8,11-12H2,1H3,(H2,17,19,20). The van der Waals surface area contributed by atoms with E-state index < -0.39 is 0 Å². The minimum absolute atomic E-state index is 0.440. The van der Waals surface area contributed by atoms with Crippen LogP contribution in [0.1, 0.15) is 12.0 Å². The lowest BCUT2D eigenvalue weighted by molar-refractivity contribution is 0.328. The highest BCUT2D eigenvalue weighted by atomic mass is 15.2. The summed E-state index contributed by atoms with van der Waals surface area (Å²) in [7, 11) is 1.85. The summed E-state index contributed by atoms with van der Waals surface area (Å²) in [5, 5.41) is 6.49. The maximum atomic E-state index is 4.46. The zero-order valence-corrected chi connectivity index (χ0v) is 12.3.